The molecule has 1 saturated carbocycles. The van der Waals surface area contributed by atoms with Crippen LogP contribution in [0.25, 0.3) is 0 Å². The molecule has 0 aromatic heterocycles. The summed E-state index contributed by atoms with van der Waals surface area (Å²) in [5.41, 5.74) is 5.03. The van der Waals surface area contributed by atoms with E-state index in [1.165, 1.54) is 0 Å². The van der Waals surface area contributed by atoms with Gasteiger partial charge in [-0.1, -0.05) is 108 Å². The van der Waals surface area contributed by atoms with Crippen LogP contribution < -0.4 is 4.74 Å². The highest BCUT2D eigenvalue weighted by Crippen LogP contribution is 2.37. The summed E-state index contributed by atoms with van der Waals surface area (Å²) >= 11 is 0. The van der Waals surface area contributed by atoms with E-state index < -0.39 is 18.3 Å². The number of methoxy groups -OCH3 is 1. The number of oxime groups is 1. The molecule has 6 rings (SSSR count). The van der Waals surface area contributed by atoms with Gasteiger partial charge in [0, 0.05) is 0 Å². The van der Waals surface area contributed by atoms with E-state index in [-0.39, 0.29) is 12.0 Å². The van der Waals surface area contributed by atoms with Crippen molar-refractivity contribution in [3.63, 3.8) is 0 Å². The quantitative estimate of drug-likeness (QED) is 0.184. The summed E-state index contributed by atoms with van der Waals surface area (Å²) in [5, 5.41) is 4.50. The Morgan fingerprint density at radius 3 is 1.56 bits per heavy atom. The number of benzene rings is 4. The SMILES string of the molecule is COc1ccc(COC2C3=NOC[C@H]3C(OCc3ccccc3)C(OCc3ccccc3)C2OCc2ccccc2)cc1. The molecule has 0 saturated heterocycles. The van der Waals surface area contributed by atoms with Crippen molar-refractivity contribution in [2.45, 2.75) is 50.8 Å². The smallest absolute Gasteiger partial charge is 0.129 e. The molecule has 4 unspecified atom stereocenters. The average Bonchev–Trinajstić information content (AvgIpc) is 3.56. The highest BCUT2D eigenvalue weighted by Gasteiger charge is 2.54. The Kier molecular flexibility index (Phi) is 9.77. The van der Waals surface area contributed by atoms with E-state index in [0.29, 0.717) is 33.0 Å². The third-order valence-corrected chi connectivity index (χ3v) is 7.88. The predicted octanol–water partition coefficient (Wildman–Crippen LogP) is 6.35. The number of fused-ring (bicyclic) bond motifs is 1. The Labute approximate surface area is 253 Å². The van der Waals surface area contributed by atoms with Crippen molar-refractivity contribution in [1.82, 2.24) is 0 Å². The van der Waals surface area contributed by atoms with E-state index in [1.54, 1.807) is 7.11 Å². The molecule has 1 aliphatic heterocycles. The van der Waals surface area contributed by atoms with Gasteiger partial charge in [0.25, 0.3) is 0 Å². The Bertz CT molecular complexity index is 1430. The topological polar surface area (TPSA) is 67.7 Å². The van der Waals surface area contributed by atoms with Crippen LogP contribution in [-0.2, 0) is 50.2 Å². The fourth-order valence-electron chi connectivity index (χ4n) is 5.60. The zero-order valence-electron chi connectivity index (χ0n) is 24.3. The van der Waals surface area contributed by atoms with Gasteiger partial charge in [-0.3, -0.25) is 0 Å². The van der Waals surface area contributed by atoms with Crippen LogP contribution in [0.1, 0.15) is 22.3 Å². The van der Waals surface area contributed by atoms with Gasteiger partial charge in [0.1, 0.15) is 30.7 Å². The third kappa shape index (κ3) is 7.32. The molecule has 0 radical (unpaired) electrons. The zero-order valence-corrected chi connectivity index (χ0v) is 24.3. The van der Waals surface area contributed by atoms with Crippen LogP contribution in [0, 0.1) is 5.92 Å². The first-order valence-electron chi connectivity index (χ1n) is 14.7. The maximum Gasteiger partial charge on any atom is 0.129 e. The molecule has 0 N–H and O–H groups in total. The maximum absolute atomic E-state index is 6.73. The fraction of sp³-hybridized carbons (Fsp3) is 0.306. The monoisotopic (exact) mass is 579 g/mol. The van der Waals surface area contributed by atoms with Crippen LogP contribution in [0.15, 0.2) is 120 Å². The Balaban J connectivity index is 1.30. The molecule has 1 aliphatic carbocycles. The van der Waals surface area contributed by atoms with Crippen molar-refractivity contribution in [2.75, 3.05) is 13.7 Å². The van der Waals surface area contributed by atoms with E-state index in [0.717, 1.165) is 33.7 Å². The minimum Gasteiger partial charge on any atom is -0.497 e. The van der Waals surface area contributed by atoms with Gasteiger partial charge in [-0.05, 0) is 34.4 Å². The molecule has 1 heterocycles. The second kappa shape index (κ2) is 14.4. The molecule has 1 fully saturated rings. The molecule has 2 aliphatic rings. The summed E-state index contributed by atoms with van der Waals surface area (Å²) in [5.74, 6) is 0.661. The molecule has 7 nitrogen and oxygen atoms in total. The van der Waals surface area contributed by atoms with E-state index in [2.05, 4.69) is 41.6 Å². The largest absolute Gasteiger partial charge is 0.497 e. The second-order valence-electron chi connectivity index (χ2n) is 10.8. The molecule has 43 heavy (non-hydrogen) atoms. The molecule has 5 atom stereocenters. The first-order valence-corrected chi connectivity index (χ1v) is 14.7. The highest BCUT2D eigenvalue weighted by atomic mass is 16.6. The van der Waals surface area contributed by atoms with Crippen molar-refractivity contribution in [1.29, 1.82) is 0 Å². The van der Waals surface area contributed by atoms with Crippen molar-refractivity contribution in [3.8, 4) is 5.75 Å². The van der Waals surface area contributed by atoms with E-state index >= 15 is 0 Å². The predicted molar refractivity (Wildman–Crippen MR) is 164 cm³/mol. The molecule has 4 aromatic carbocycles. The fourth-order valence-corrected chi connectivity index (χ4v) is 5.60. The Morgan fingerprint density at radius 1 is 0.558 bits per heavy atom. The lowest BCUT2D eigenvalue weighted by atomic mass is 9.79. The van der Waals surface area contributed by atoms with Gasteiger partial charge in [0.15, 0.2) is 0 Å². The molecule has 222 valence electrons. The normalized spacial score (nSPS) is 22.8. The Morgan fingerprint density at radius 2 is 1.02 bits per heavy atom. The third-order valence-electron chi connectivity index (χ3n) is 7.88. The molecular formula is C36H37NO6. The molecule has 7 heteroatoms. The number of rotatable bonds is 13. The molecular weight excluding hydrogens is 542 g/mol. The zero-order chi connectivity index (χ0) is 29.3. The lowest BCUT2D eigenvalue weighted by Crippen LogP contribution is -2.61. The standard InChI is InChI=1S/C36H37NO6/c1-38-30-19-17-29(18-20-30)24-40-34-32-31(25-43-37-32)33(39-21-26-11-5-2-6-12-26)35(41-22-27-13-7-3-8-14-27)36(34)42-23-28-15-9-4-10-16-28/h2-20,31,33-36H,21-25H2,1H3/t31-,33?,34?,35?,36?/m1/s1. The van der Waals surface area contributed by atoms with Gasteiger partial charge in [-0.2, -0.15) is 0 Å². The van der Waals surface area contributed by atoms with E-state index in [9.17, 15) is 0 Å². The van der Waals surface area contributed by atoms with Crippen LogP contribution >= 0.6 is 0 Å². The number of hydrogen-bond acceptors (Lipinski definition) is 7. The summed E-state index contributed by atoms with van der Waals surface area (Å²) in [6, 6.07) is 38.3. The molecule has 0 amide bonds. The van der Waals surface area contributed by atoms with Gasteiger partial charge < -0.3 is 28.5 Å². The van der Waals surface area contributed by atoms with Crippen LogP contribution in [0.3, 0.4) is 0 Å². The van der Waals surface area contributed by atoms with Crippen LogP contribution in [0.2, 0.25) is 0 Å². The van der Waals surface area contributed by atoms with Gasteiger partial charge in [0.2, 0.25) is 0 Å². The van der Waals surface area contributed by atoms with E-state index in [4.69, 9.17) is 28.5 Å². The van der Waals surface area contributed by atoms with E-state index in [1.807, 2.05) is 78.9 Å². The molecule has 4 aromatic rings. The van der Waals surface area contributed by atoms with Crippen molar-refractivity contribution < 1.29 is 28.5 Å². The van der Waals surface area contributed by atoms with Crippen molar-refractivity contribution >= 4 is 5.71 Å². The summed E-state index contributed by atoms with van der Waals surface area (Å²) < 4.78 is 32.1. The maximum atomic E-state index is 6.73. The lowest BCUT2D eigenvalue weighted by Gasteiger charge is -2.44. The average molecular weight is 580 g/mol. The van der Waals surface area contributed by atoms with Gasteiger partial charge in [-0.25, -0.2) is 0 Å². The first kappa shape index (κ1) is 29.1. The lowest BCUT2D eigenvalue weighted by molar-refractivity contribution is -0.197. The van der Waals surface area contributed by atoms with Gasteiger partial charge in [-0.15, -0.1) is 0 Å². The molecule has 0 spiro atoms. The van der Waals surface area contributed by atoms with Gasteiger partial charge in [0.05, 0.1) is 51.3 Å². The minimum atomic E-state index is -0.500. The van der Waals surface area contributed by atoms with Crippen LogP contribution in [0.5, 0.6) is 5.75 Å². The Hall–Kier alpha value is -4.01. The first-order chi connectivity index (χ1) is 21.3. The number of ether oxygens (including phenoxy) is 5. The van der Waals surface area contributed by atoms with Crippen LogP contribution in [-0.4, -0.2) is 43.8 Å². The minimum absolute atomic E-state index is 0.137. The van der Waals surface area contributed by atoms with Crippen molar-refractivity contribution in [3.05, 3.63) is 138 Å². The summed E-state index contributed by atoms with van der Waals surface area (Å²) in [6.07, 6.45) is -1.79. The van der Waals surface area contributed by atoms with Crippen molar-refractivity contribution in [2.24, 2.45) is 11.1 Å². The molecule has 0 bridgehead atoms. The number of nitrogens with zero attached hydrogens (tertiary/aromatic N) is 1. The second-order valence-corrected chi connectivity index (χ2v) is 10.8. The summed E-state index contributed by atoms with van der Waals surface area (Å²) in [7, 11) is 1.66. The van der Waals surface area contributed by atoms with Crippen LogP contribution in [0.4, 0.5) is 0 Å². The summed E-state index contributed by atoms with van der Waals surface area (Å²) in [6.45, 7) is 2.00. The highest BCUT2D eigenvalue weighted by molar-refractivity contribution is 5.93. The number of hydrogen-bond donors (Lipinski definition) is 0. The summed E-state index contributed by atoms with van der Waals surface area (Å²) in [4.78, 5) is 5.71. The van der Waals surface area contributed by atoms with Gasteiger partial charge >= 0.3 is 0 Å².